The van der Waals surface area contributed by atoms with Crippen LogP contribution >= 0.6 is 11.5 Å². The lowest BCUT2D eigenvalue weighted by atomic mass is 9.89. The van der Waals surface area contributed by atoms with Gasteiger partial charge in [0.05, 0.1) is 10.6 Å². The van der Waals surface area contributed by atoms with E-state index in [-0.39, 0.29) is 30.7 Å². The minimum absolute atomic E-state index is 0.140. The summed E-state index contributed by atoms with van der Waals surface area (Å²) in [6.45, 7) is -0.218. The minimum atomic E-state index is -0.563. The molecule has 28 heavy (non-hydrogen) atoms. The van der Waals surface area contributed by atoms with Crippen molar-refractivity contribution < 1.29 is 18.7 Å². The summed E-state index contributed by atoms with van der Waals surface area (Å²) in [7, 11) is 0. The highest BCUT2D eigenvalue weighted by atomic mass is 32.1. The number of carbonyl (C=O) groups excluding carboxylic acids is 2. The number of carbonyl (C=O) groups is 2. The van der Waals surface area contributed by atoms with E-state index in [4.69, 9.17) is 10.5 Å². The van der Waals surface area contributed by atoms with Gasteiger partial charge >= 0.3 is 0 Å². The maximum absolute atomic E-state index is 13.6. The number of anilines is 1. The second-order valence-electron chi connectivity index (χ2n) is 6.41. The zero-order chi connectivity index (χ0) is 19.7. The molecule has 0 unspecified atom stereocenters. The molecule has 1 aliphatic heterocycles. The quantitative estimate of drug-likeness (QED) is 0.691. The summed E-state index contributed by atoms with van der Waals surface area (Å²) in [5.74, 6) is -0.776. The third kappa shape index (κ3) is 3.59. The van der Waals surface area contributed by atoms with Gasteiger partial charge in [0.15, 0.2) is 6.61 Å². The molecule has 8 heteroatoms. The van der Waals surface area contributed by atoms with Crippen LogP contribution in [0.5, 0.6) is 5.75 Å². The monoisotopic (exact) mass is 397 g/mol. The Balaban J connectivity index is 1.71. The molecule has 1 atom stereocenters. The van der Waals surface area contributed by atoms with Crippen LogP contribution in [0.3, 0.4) is 0 Å². The highest BCUT2D eigenvalue weighted by Gasteiger charge is 2.31. The molecule has 0 fully saturated rings. The summed E-state index contributed by atoms with van der Waals surface area (Å²) in [4.78, 5) is 24.2. The predicted octanol–water partition coefficient (Wildman–Crippen LogP) is 3.29. The fourth-order valence-corrected chi connectivity index (χ4v) is 4.18. The van der Waals surface area contributed by atoms with Crippen molar-refractivity contribution in [2.75, 3.05) is 11.9 Å². The molecule has 0 radical (unpaired) electrons. The van der Waals surface area contributed by atoms with E-state index in [1.54, 1.807) is 30.3 Å². The lowest BCUT2D eigenvalue weighted by Crippen LogP contribution is -2.22. The van der Waals surface area contributed by atoms with Gasteiger partial charge in [-0.3, -0.25) is 9.59 Å². The molecule has 2 aromatic carbocycles. The summed E-state index contributed by atoms with van der Waals surface area (Å²) < 4.78 is 23.5. The second kappa shape index (κ2) is 7.40. The third-order valence-corrected chi connectivity index (χ3v) is 5.39. The number of nitrogens with one attached hydrogen (secondary N) is 1. The van der Waals surface area contributed by atoms with Crippen LogP contribution < -0.4 is 15.8 Å². The lowest BCUT2D eigenvalue weighted by Gasteiger charge is -2.23. The largest absolute Gasteiger partial charge is 0.484 e. The summed E-state index contributed by atoms with van der Waals surface area (Å²) in [5, 5.41) is 2.87. The minimum Gasteiger partial charge on any atom is -0.484 e. The van der Waals surface area contributed by atoms with Crippen molar-refractivity contribution in [3.63, 3.8) is 0 Å². The summed E-state index contributed by atoms with van der Waals surface area (Å²) >= 11 is 1.28. The van der Waals surface area contributed by atoms with E-state index in [1.807, 2.05) is 6.07 Å². The van der Waals surface area contributed by atoms with Crippen LogP contribution in [0.25, 0.3) is 11.3 Å². The smallest absolute Gasteiger partial charge is 0.255 e. The zero-order valence-electron chi connectivity index (χ0n) is 14.6. The number of amides is 2. The standard InChI is InChI=1S/C20H16FN3O3S/c21-13-5-1-4-12(7-13)18-19-20(28-24-18)15(9-17(26)23-19)11-3-2-6-14(8-11)27-10-16(22)25/h1-8,15H,9-10H2,(H2,22,25)(H,23,26)/t15-/m0/s1. The van der Waals surface area contributed by atoms with Gasteiger partial charge < -0.3 is 15.8 Å². The van der Waals surface area contributed by atoms with Gasteiger partial charge in [0.1, 0.15) is 17.3 Å². The molecule has 0 saturated carbocycles. The van der Waals surface area contributed by atoms with Crippen molar-refractivity contribution in [3.8, 4) is 17.0 Å². The molecule has 2 amide bonds. The average Bonchev–Trinajstić information content (AvgIpc) is 3.09. The Morgan fingerprint density at radius 3 is 2.89 bits per heavy atom. The van der Waals surface area contributed by atoms with Crippen LogP contribution in [-0.2, 0) is 9.59 Å². The zero-order valence-corrected chi connectivity index (χ0v) is 15.5. The molecule has 2 heterocycles. The van der Waals surface area contributed by atoms with E-state index < -0.39 is 5.91 Å². The maximum Gasteiger partial charge on any atom is 0.255 e. The van der Waals surface area contributed by atoms with E-state index in [2.05, 4.69) is 9.69 Å². The van der Waals surface area contributed by atoms with Crippen molar-refractivity contribution in [1.82, 2.24) is 4.37 Å². The third-order valence-electron chi connectivity index (χ3n) is 4.43. The number of nitrogens with zero attached hydrogens (tertiary/aromatic N) is 1. The molecule has 6 nitrogen and oxygen atoms in total. The van der Waals surface area contributed by atoms with E-state index in [9.17, 15) is 14.0 Å². The van der Waals surface area contributed by atoms with Gasteiger partial charge in [-0.1, -0.05) is 24.3 Å². The average molecular weight is 397 g/mol. The first kappa shape index (κ1) is 18.1. The van der Waals surface area contributed by atoms with Gasteiger partial charge in [-0.25, -0.2) is 4.39 Å². The number of aromatic nitrogens is 1. The number of primary amides is 1. The Labute approximate surface area is 164 Å². The number of nitrogens with two attached hydrogens (primary N) is 1. The molecule has 1 aromatic heterocycles. The number of halogens is 1. The SMILES string of the molecule is NC(=O)COc1cccc([C@@H]2CC(=O)Nc3c(-c4cccc(F)c4)nsc32)c1. The number of benzene rings is 2. The summed E-state index contributed by atoms with van der Waals surface area (Å²) in [6.07, 6.45) is 0.261. The molecule has 3 N–H and O–H groups in total. The van der Waals surface area contributed by atoms with Crippen molar-refractivity contribution in [2.45, 2.75) is 12.3 Å². The number of rotatable bonds is 5. The van der Waals surface area contributed by atoms with E-state index in [1.165, 1.54) is 23.7 Å². The van der Waals surface area contributed by atoms with Crippen LogP contribution in [-0.4, -0.2) is 22.8 Å². The number of fused-ring (bicyclic) bond motifs is 1. The molecule has 4 rings (SSSR count). The summed E-state index contributed by atoms with van der Waals surface area (Å²) in [6, 6.07) is 13.3. The second-order valence-corrected chi connectivity index (χ2v) is 7.22. The summed E-state index contributed by atoms with van der Waals surface area (Å²) in [5.41, 5.74) is 7.76. The van der Waals surface area contributed by atoms with Gasteiger partial charge in [0.2, 0.25) is 5.91 Å². The van der Waals surface area contributed by atoms with Crippen LogP contribution in [0.4, 0.5) is 10.1 Å². The first-order valence-electron chi connectivity index (χ1n) is 8.57. The molecular formula is C20H16FN3O3S. The molecule has 1 aliphatic rings. The van der Waals surface area contributed by atoms with Crippen LogP contribution in [0.15, 0.2) is 48.5 Å². The Kier molecular flexibility index (Phi) is 4.79. The Morgan fingerprint density at radius 1 is 1.29 bits per heavy atom. The molecular weight excluding hydrogens is 381 g/mol. The van der Waals surface area contributed by atoms with Crippen LogP contribution in [0.1, 0.15) is 22.8 Å². The van der Waals surface area contributed by atoms with Gasteiger partial charge in [0.25, 0.3) is 5.91 Å². The molecule has 142 valence electrons. The molecule has 3 aromatic rings. The lowest BCUT2D eigenvalue weighted by molar-refractivity contribution is -0.120. The first-order valence-corrected chi connectivity index (χ1v) is 9.35. The first-order chi connectivity index (χ1) is 13.5. The van der Waals surface area contributed by atoms with E-state index in [0.717, 1.165) is 10.4 Å². The van der Waals surface area contributed by atoms with Crippen LogP contribution in [0, 0.1) is 5.82 Å². The van der Waals surface area contributed by atoms with Crippen LogP contribution in [0.2, 0.25) is 0 Å². The Morgan fingerprint density at radius 2 is 2.11 bits per heavy atom. The Hall–Kier alpha value is -3.26. The van der Waals surface area contributed by atoms with Gasteiger partial charge in [-0.15, -0.1) is 0 Å². The van der Waals surface area contributed by atoms with Crippen molar-refractivity contribution in [2.24, 2.45) is 5.73 Å². The van der Waals surface area contributed by atoms with Gasteiger partial charge in [-0.05, 0) is 41.4 Å². The fourth-order valence-electron chi connectivity index (χ4n) is 3.21. The number of ether oxygens (including phenoxy) is 1. The highest BCUT2D eigenvalue weighted by molar-refractivity contribution is 7.07. The number of hydrogen-bond donors (Lipinski definition) is 2. The van der Waals surface area contributed by atoms with Crippen molar-refractivity contribution in [3.05, 3.63) is 64.8 Å². The molecule has 0 saturated heterocycles. The highest BCUT2D eigenvalue weighted by Crippen LogP contribution is 2.45. The van der Waals surface area contributed by atoms with Crippen molar-refractivity contribution in [1.29, 1.82) is 0 Å². The topological polar surface area (TPSA) is 94.3 Å². The van der Waals surface area contributed by atoms with Gasteiger partial charge in [-0.2, -0.15) is 4.37 Å². The van der Waals surface area contributed by atoms with E-state index in [0.29, 0.717) is 22.7 Å². The normalized spacial score (nSPS) is 15.6. The molecule has 0 aliphatic carbocycles. The van der Waals surface area contributed by atoms with Gasteiger partial charge in [0, 0.05) is 17.9 Å². The maximum atomic E-state index is 13.6. The Bertz CT molecular complexity index is 1070. The van der Waals surface area contributed by atoms with Crippen molar-refractivity contribution >= 4 is 29.0 Å². The number of hydrogen-bond acceptors (Lipinski definition) is 5. The molecule has 0 spiro atoms. The fraction of sp³-hybridized carbons (Fsp3) is 0.150. The predicted molar refractivity (Wildman–Crippen MR) is 104 cm³/mol. The van der Waals surface area contributed by atoms with E-state index >= 15 is 0 Å². The molecule has 0 bridgehead atoms.